The first kappa shape index (κ1) is 12.3. The van der Waals surface area contributed by atoms with Crippen LogP contribution in [0.1, 0.15) is 51.4 Å². The lowest BCUT2D eigenvalue weighted by Crippen LogP contribution is -2.49. The molecule has 1 atom stereocenters. The zero-order chi connectivity index (χ0) is 11.4. The van der Waals surface area contributed by atoms with Gasteiger partial charge >= 0.3 is 0 Å². The second-order valence-corrected chi connectivity index (χ2v) is 5.47. The zero-order valence-corrected chi connectivity index (χ0v) is 10.3. The zero-order valence-electron chi connectivity index (χ0n) is 10.3. The van der Waals surface area contributed by atoms with Gasteiger partial charge in [-0.2, -0.15) is 0 Å². The Kier molecular flexibility index (Phi) is 4.62. The number of aliphatic hydroxyl groups excluding tert-OH is 1. The highest BCUT2D eigenvalue weighted by Gasteiger charge is 2.30. The summed E-state index contributed by atoms with van der Waals surface area (Å²) in [5, 5.41) is 9.13. The molecule has 0 spiro atoms. The van der Waals surface area contributed by atoms with Crippen molar-refractivity contribution in [3.05, 3.63) is 0 Å². The van der Waals surface area contributed by atoms with Crippen molar-refractivity contribution in [3.8, 4) is 0 Å². The van der Waals surface area contributed by atoms with Gasteiger partial charge in [0.25, 0.3) is 0 Å². The van der Waals surface area contributed by atoms with Crippen molar-refractivity contribution in [1.82, 2.24) is 4.90 Å². The van der Waals surface area contributed by atoms with Crippen LogP contribution in [0.3, 0.4) is 0 Å². The molecule has 16 heavy (non-hydrogen) atoms. The number of hydrogen-bond acceptors (Lipinski definition) is 3. The lowest BCUT2D eigenvalue weighted by atomic mass is 9.87. The van der Waals surface area contributed by atoms with E-state index in [1.807, 2.05) is 0 Å². The molecule has 1 aliphatic heterocycles. The van der Waals surface area contributed by atoms with Crippen LogP contribution in [0.2, 0.25) is 0 Å². The molecule has 0 aromatic carbocycles. The predicted octanol–water partition coefficient (Wildman–Crippen LogP) is 1.49. The van der Waals surface area contributed by atoms with Crippen LogP contribution in [0.5, 0.6) is 0 Å². The molecule has 3 heteroatoms. The van der Waals surface area contributed by atoms with Gasteiger partial charge in [0.05, 0.1) is 0 Å². The number of likely N-dealkylation sites (tertiary alicyclic amines) is 1. The molecule has 3 nitrogen and oxygen atoms in total. The van der Waals surface area contributed by atoms with Crippen molar-refractivity contribution < 1.29 is 5.11 Å². The molecule has 2 fully saturated rings. The maximum absolute atomic E-state index is 9.13. The van der Waals surface area contributed by atoms with Crippen LogP contribution in [0.15, 0.2) is 0 Å². The summed E-state index contributed by atoms with van der Waals surface area (Å²) in [5.41, 5.74) is 5.96. The van der Waals surface area contributed by atoms with Gasteiger partial charge in [-0.3, -0.25) is 4.90 Å². The Balaban J connectivity index is 1.89. The van der Waals surface area contributed by atoms with E-state index in [0.717, 1.165) is 12.5 Å². The smallest absolute Gasteiger partial charge is 0.0445 e. The van der Waals surface area contributed by atoms with Crippen LogP contribution in [-0.4, -0.2) is 41.3 Å². The van der Waals surface area contributed by atoms with E-state index in [0.29, 0.717) is 18.7 Å². The van der Waals surface area contributed by atoms with Crippen molar-refractivity contribution in [2.75, 3.05) is 13.2 Å². The number of aliphatic hydroxyl groups is 1. The second-order valence-electron chi connectivity index (χ2n) is 5.47. The second kappa shape index (κ2) is 5.99. The summed E-state index contributed by atoms with van der Waals surface area (Å²) in [7, 11) is 0. The fourth-order valence-corrected chi connectivity index (χ4v) is 3.40. The van der Waals surface area contributed by atoms with Crippen LogP contribution >= 0.6 is 0 Å². The molecular formula is C13H26N2O. The summed E-state index contributed by atoms with van der Waals surface area (Å²) >= 11 is 0. The van der Waals surface area contributed by atoms with Crippen molar-refractivity contribution in [2.24, 2.45) is 5.73 Å². The third-order valence-corrected chi connectivity index (χ3v) is 4.35. The first-order valence-corrected chi connectivity index (χ1v) is 6.93. The summed E-state index contributed by atoms with van der Waals surface area (Å²) in [6.07, 6.45) is 9.83. The third kappa shape index (κ3) is 2.96. The number of nitrogens with zero attached hydrogens (tertiary/aromatic N) is 1. The average Bonchev–Trinajstić information content (AvgIpc) is 2.32. The van der Waals surface area contributed by atoms with Crippen LogP contribution in [-0.2, 0) is 0 Å². The number of rotatable bonds is 3. The van der Waals surface area contributed by atoms with E-state index in [1.165, 1.54) is 51.5 Å². The van der Waals surface area contributed by atoms with Crippen LogP contribution < -0.4 is 5.73 Å². The highest BCUT2D eigenvalue weighted by atomic mass is 16.3. The minimum Gasteiger partial charge on any atom is -0.396 e. The Morgan fingerprint density at radius 3 is 2.50 bits per heavy atom. The van der Waals surface area contributed by atoms with Crippen LogP contribution in [0.4, 0.5) is 0 Å². The van der Waals surface area contributed by atoms with Gasteiger partial charge in [0.1, 0.15) is 0 Å². The van der Waals surface area contributed by atoms with Crippen LogP contribution in [0, 0.1) is 0 Å². The Bertz CT molecular complexity index is 200. The van der Waals surface area contributed by atoms with Crippen molar-refractivity contribution in [1.29, 1.82) is 0 Å². The fraction of sp³-hybridized carbons (Fsp3) is 1.00. The number of hydrogen-bond donors (Lipinski definition) is 2. The molecule has 0 aromatic rings. The molecule has 0 amide bonds. The summed E-state index contributed by atoms with van der Waals surface area (Å²) in [6.45, 7) is 1.58. The van der Waals surface area contributed by atoms with E-state index >= 15 is 0 Å². The molecule has 1 aliphatic carbocycles. The van der Waals surface area contributed by atoms with Gasteiger partial charge in [0.2, 0.25) is 0 Å². The number of nitrogens with two attached hydrogens (primary N) is 1. The van der Waals surface area contributed by atoms with E-state index in [1.54, 1.807) is 0 Å². The molecule has 1 saturated carbocycles. The van der Waals surface area contributed by atoms with Gasteiger partial charge in [-0.05, 0) is 51.5 Å². The molecule has 2 aliphatic rings. The molecule has 3 N–H and O–H groups in total. The first-order chi connectivity index (χ1) is 7.81. The van der Waals surface area contributed by atoms with Gasteiger partial charge in [-0.15, -0.1) is 0 Å². The van der Waals surface area contributed by atoms with E-state index < -0.39 is 0 Å². The molecule has 0 bridgehead atoms. The van der Waals surface area contributed by atoms with Gasteiger partial charge in [-0.25, -0.2) is 0 Å². The molecule has 2 rings (SSSR count). The lowest BCUT2D eigenvalue weighted by molar-refractivity contribution is 0.0551. The van der Waals surface area contributed by atoms with Gasteiger partial charge in [0.15, 0.2) is 0 Å². The van der Waals surface area contributed by atoms with Crippen molar-refractivity contribution in [2.45, 2.75) is 69.5 Å². The van der Waals surface area contributed by atoms with E-state index in [-0.39, 0.29) is 0 Å². The van der Waals surface area contributed by atoms with E-state index in [2.05, 4.69) is 4.90 Å². The average molecular weight is 226 g/mol. The topological polar surface area (TPSA) is 49.5 Å². The lowest BCUT2D eigenvalue weighted by Gasteiger charge is -2.43. The summed E-state index contributed by atoms with van der Waals surface area (Å²) < 4.78 is 0. The monoisotopic (exact) mass is 226 g/mol. The summed E-state index contributed by atoms with van der Waals surface area (Å²) in [5.74, 6) is 0. The molecule has 94 valence electrons. The predicted molar refractivity (Wildman–Crippen MR) is 66.3 cm³/mol. The quantitative estimate of drug-likeness (QED) is 0.766. The Hall–Kier alpha value is -0.120. The highest BCUT2D eigenvalue weighted by Crippen LogP contribution is 2.29. The highest BCUT2D eigenvalue weighted by molar-refractivity contribution is 4.87. The molecule has 1 saturated heterocycles. The normalized spacial score (nSPS) is 37.5. The van der Waals surface area contributed by atoms with E-state index in [4.69, 9.17) is 10.8 Å². The van der Waals surface area contributed by atoms with Gasteiger partial charge in [0, 0.05) is 24.7 Å². The van der Waals surface area contributed by atoms with Gasteiger partial charge in [-0.1, -0.05) is 6.42 Å². The third-order valence-electron chi connectivity index (χ3n) is 4.35. The number of piperidine rings is 1. The summed E-state index contributed by atoms with van der Waals surface area (Å²) in [4.78, 5) is 2.67. The minimum atomic E-state index is 0.341. The minimum absolute atomic E-state index is 0.341. The largest absolute Gasteiger partial charge is 0.396 e. The summed E-state index contributed by atoms with van der Waals surface area (Å²) in [6, 6.07) is 1.83. The molecule has 0 aromatic heterocycles. The van der Waals surface area contributed by atoms with Crippen molar-refractivity contribution >= 4 is 0 Å². The molecule has 0 radical (unpaired) electrons. The molecule has 1 unspecified atom stereocenters. The van der Waals surface area contributed by atoms with E-state index in [9.17, 15) is 0 Å². The standard InChI is InChI=1S/C13H26N2O/c14-11-4-6-13(7-5-11)15-9-2-1-3-12(15)8-10-16/h11-13,16H,1-10,14H2. The molecular weight excluding hydrogens is 200 g/mol. The Morgan fingerprint density at radius 2 is 1.81 bits per heavy atom. The Labute approximate surface area is 99.0 Å². The van der Waals surface area contributed by atoms with Crippen LogP contribution in [0.25, 0.3) is 0 Å². The maximum atomic E-state index is 9.13. The molecule has 1 heterocycles. The van der Waals surface area contributed by atoms with Gasteiger partial charge < -0.3 is 10.8 Å². The Morgan fingerprint density at radius 1 is 1.06 bits per heavy atom. The maximum Gasteiger partial charge on any atom is 0.0445 e. The first-order valence-electron chi connectivity index (χ1n) is 6.93. The fourth-order valence-electron chi connectivity index (χ4n) is 3.40. The van der Waals surface area contributed by atoms with Crippen molar-refractivity contribution in [3.63, 3.8) is 0 Å². The SMILES string of the molecule is NC1CCC(N2CCCCC2CCO)CC1.